The highest BCUT2D eigenvalue weighted by atomic mass is 32.1. The summed E-state index contributed by atoms with van der Waals surface area (Å²) >= 11 is 3.67. The Balaban J connectivity index is 4.83. The molecule has 0 aromatic carbocycles. The van der Waals surface area contributed by atoms with E-state index in [1.165, 1.54) is 0 Å². The van der Waals surface area contributed by atoms with Crippen molar-refractivity contribution in [2.24, 2.45) is 11.3 Å². The molecule has 0 saturated heterocycles. The van der Waals surface area contributed by atoms with Gasteiger partial charge in [-0.1, -0.05) is 20.8 Å². The molecule has 13 heavy (non-hydrogen) atoms. The zero-order valence-electron chi connectivity index (χ0n) is 7.73. The standard InChI is InChI=1S/C8H14O4S/c1-8(2,3)4(6(9)10)5(13)7(11)12/h4-5,13H,1-3H3,(H,9,10)(H,11,12)/p-2. The Morgan fingerprint density at radius 3 is 1.62 bits per heavy atom. The molecular formula is C8H12O4S-2. The summed E-state index contributed by atoms with van der Waals surface area (Å²) in [5.41, 5.74) is -0.717. The topological polar surface area (TPSA) is 80.3 Å². The molecular weight excluding hydrogens is 192 g/mol. The molecule has 0 N–H and O–H groups in total. The fraction of sp³-hybridized carbons (Fsp3) is 0.750. The molecule has 0 fully saturated rings. The average molecular weight is 204 g/mol. The van der Waals surface area contributed by atoms with Crippen LogP contribution in [-0.2, 0) is 9.59 Å². The van der Waals surface area contributed by atoms with E-state index in [1.54, 1.807) is 20.8 Å². The first-order chi connectivity index (χ1) is 5.68. The fourth-order valence-corrected chi connectivity index (χ4v) is 1.66. The quantitative estimate of drug-likeness (QED) is 0.564. The van der Waals surface area contributed by atoms with Crippen LogP contribution in [0.5, 0.6) is 0 Å². The van der Waals surface area contributed by atoms with Gasteiger partial charge in [0, 0.05) is 17.1 Å². The first-order valence-corrected chi connectivity index (χ1v) is 4.29. The molecule has 0 bridgehead atoms. The third-order valence-corrected chi connectivity index (χ3v) is 2.25. The van der Waals surface area contributed by atoms with E-state index in [0.29, 0.717) is 0 Å². The number of carboxylic acids is 2. The molecule has 0 saturated carbocycles. The maximum atomic E-state index is 10.6. The van der Waals surface area contributed by atoms with Crippen molar-refractivity contribution in [3.8, 4) is 0 Å². The number of hydrogen-bond acceptors (Lipinski definition) is 5. The highest BCUT2D eigenvalue weighted by molar-refractivity contribution is 7.81. The van der Waals surface area contributed by atoms with Crippen molar-refractivity contribution < 1.29 is 19.8 Å². The third kappa shape index (κ3) is 3.26. The Hall–Kier alpha value is -0.710. The molecule has 0 rings (SSSR count). The van der Waals surface area contributed by atoms with Gasteiger partial charge in [0.1, 0.15) is 0 Å². The molecule has 0 aliphatic carbocycles. The minimum Gasteiger partial charge on any atom is -0.550 e. The van der Waals surface area contributed by atoms with Crippen LogP contribution in [0, 0.1) is 11.3 Å². The van der Waals surface area contributed by atoms with Gasteiger partial charge >= 0.3 is 0 Å². The zero-order valence-corrected chi connectivity index (χ0v) is 8.63. The van der Waals surface area contributed by atoms with Crippen LogP contribution in [0.2, 0.25) is 0 Å². The monoisotopic (exact) mass is 204 g/mol. The number of hydrogen-bond donors (Lipinski definition) is 1. The predicted molar refractivity (Wildman–Crippen MR) is 45.7 cm³/mol. The number of carbonyl (C=O) groups excluding carboxylic acids is 2. The van der Waals surface area contributed by atoms with Crippen molar-refractivity contribution in [3.05, 3.63) is 0 Å². The van der Waals surface area contributed by atoms with Crippen molar-refractivity contribution >= 4 is 24.6 Å². The second-order valence-corrected chi connectivity index (χ2v) is 4.48. The van der Waals surface area contributed by atoms with E-state index in [1.807, 2.05) is 0 Å². The van der Waals surface area contributed by atoms with Gasteiger partial charge in [0.2, 0.25) is 0 Å². The first kappa shape index (κ1) is 12.3. The molecule has 0 spiro atoms. The van der Waals surface area contributed by atoms with Crippen LogP contribution in [0.15, 0.2) is 0 Å². The highest BCUT2D eigenvalue weighted by Gasteiger charge is 2.32. The summed E-state index contributed by atoms with van der Waals surface area (Å²) in [6.45, 7) is 4.83. The average Bonchev–Trinajstić information content (AvgIpc) is 1.82. The maximum absolute atomic E-state index is 10.6. The summed E-state index contributed by atoms with van der Waals surface area (Å²) < 4.78 is 0. The Morgan fingerprint density at radius 1 is 1.15 bits per heavy atom. The minimum atomic E-state index is -1.49. The predicted octanol–water partition coefficient (Wildman–Crippen LogP) is -1.55. The van der Waals surface area contributed by atoms with Crippen molar-refractivity contribution in [2.45, 2.75) is 26.0 Å². The zero-order chi connectivity index (χ0) is 10.8. The molecule has 2 atom stereocenters. The molecule has 0 amide bonds. The van der Waals surface area contributed by atoms with E-state index in [0.717, 1.165) is 0 Å². The van der Waals surface area contributed by atoms with Gasteiger partial charge in [-0.2, -0.15) is 12.6 Å². The van der Waals surface area contributed by atoms with Crippen molar-refractivity contribution in [2.75, 3.05) is 0 Å². The van der Waals surface area contributed by atoms with Crippen LogP contribution in [0.1, 0.15) is 20.8 Å². The van der Waals surface area contributed by atoms with E-state index >= 15 is 0 Å². The number of aliphatic carboxylic acids is 2. The van der Waals surface area contributed by atoms with Crippen molar-refractivity contribution in [1.29, 1.82) is 0 Å². The Morgan fingerprint density at radius 2 is 1.54 bits per heavy atom. The Bertz CT molecular complexity index is 219. The fourth-order valence-electron chi connectivity index (χ4n) is 1.09. The van der Waals surface area contributed by atoms with Crippen LogP contribution in [0.25, 0.3) is 0 Å². The van der Waals surface area contributed by atoms with Gasteiger partial charge in [0.25, 0.3) is 0 Å². The molecule has 0 heterocycles. The highest BCUT2D eigenvalue weighted by Crippen LogP contribution is 2.30. The number of carbonyl (C=O) groups is 2. The molecule has 0 aliphatic heterocycles. The van der Waals surface area contributed by atoms with Gasteiger partial charge in [0.05, 0.1) is 5.97 Å². The van der Waals surface area contributed by atoms with E-state index in [4.69, 9.17) is 0 Å². The second-order valence-electron chi connectivity index (χ2n) is 3.93. The van der Waals surface area contributed by atoms with Gasteiger partial charge in [-0.25, -0.2) is 0 Å². The number of thiol groups is 1. The summed E-state index contributed by atoms with van der Waals surface area (Å²) in [7, 11) is 0. The largest absolute Gasteiger partial charge is 0.550 e. The van der Waals surface area contributed by atoms with Crippen LogP contribution in [0.3, 0.4) is 0 Å². The van der Waals surface area contributed by atoms with Gasteiger partial charge < -0.3 is 19.8 Å². The first-order valence-electron chi connectivity index (χ1n) is 3.77. The van der Waals surface area contributed by atoms with E-state index in [2.05, 4.69) is 12.6 Å². The van der Waals surface area contributed by atoms with Gasteiger partial charge in [-0.15, -0.1) is 0 Å². The lowest BCUT2D eigenvalue weighted by atomic mass is 9.78. The van der Waals surface area contributed by atoms with Crippen LogP contribution < -0.4 is 10.2 Å². The van der Waals surface area contributed by atoms with Gasteiger partial charge in [-0.05, 0) is 5.41 Å². The molecule has 0 radical (unpaired) electrons. The lowest BCUT2D eigenvalue weighted by Gasteiger charge is -2.35. The molecule has 0 aromatic rings. The van der Waals surface area contributed by atoms with E-state index in [9.17, 15) is 19.8 Å². The van der Waals surface area contributed by atoms with Crippen LogP contribution in [-0.4, -0.2) is 17.2 Å². The second kappa shape index (κ2) is 4.00. The summed E-state index contributed by atoms with van der Waals surface area (Å²) in [6, 6.07) is 0. The van der Waals surface area contributed by atoms with Crippen LogP contribution in [0.4, 0.5) is 0 Å². The molecule has 5 heteroatoms. The smallest absolute Gasteiger partial charge is 0.0548 e. The molecule has 0 aromatic heterocycles. The summed E-state index contributed by atoms with van der Waals surface area (Å²) in [6.07, 6.45) is 0. The lowest BCUT2D eigenvalue weighted by molar-refractivity contribution is -0.323. The maximum Gasteiger partial charge on any atom is 0.0548 e. The molecule has 76 valence electrons. The van der Waals surface area contributed by atoms with E-state index < -0.39 is 28.5 Å². The summed E-state index contributed by atoms with van der Waals surface area (Å²) in [4.78, 5) is 21.1. The Kier molecular flexibility index (Phi) is 3.78. The third-order valence-electron chi connectivity index (χ3n) is 1.74. The minimum absolute atomic E-state index is 0.717. The van der Waals surface area contributed by atoms with E-state index in [-0.39, 0.29) is 0 Å². The molecule has 0 aliphatic rings. The van der Waals surface area contributed by atoms with Crippen LogP contribution >= 0.6 is 12.6 Å². The molecule has 4 nitrogen and oxygen atoms in total. The summed E-state index contributed by atoms with van der Waals surface area (Å²) in [5.74, 6) is -4.08. The lowest BCUT2D eigenvalue weighted by Crippen LogP contribution is -2.50. The molecule has 2 unspecified atom stereocenters. The van der Waals surface area contributed by atoms with Gasteiger partial charge in [0.15, 0.2) is 0 Å². The summed E-state index contributed by atoms with van der Waals surface area (Å²) in [5, 5.41) is 19.7. The Labute approximate surface area is 82.4 Å². The normalized spacial score (nSPS) is 16.3. The number of carboxylic acid groups (broad SMARTS) is 2. The van der Waals surface area contributed by atoms with Crippen molar-refractivity contribution in [1.82, 2.24) is 0 Å². The van der Waals surface area contributed by atoms with Crippen molar-refractivity contribution in [3.63, 3.8) is 0 Å². The van der Waals surface area contributed by atoms with Gasteiger partial charge in [-0.3, -0.25) is 0 Å². The SMILES string of the molecule is CC(C)(C)C(C(=O)[O-])C(S)C(=O)[O-]. The number of rotatable bonds is 3.